The van der Waals surface area contributed by atoms with Gasteiger partial charge in [-0.25, -0.2) is 9.98 Å². The molecule has 1 aromatic carbocycles. The molecule has 0 aliphatic rings. The average molecular weight is 498 g/mol. The highest BCUT2D eigenvalue weighted by Crippen LogP contribution is 2.30. The molecule has 28 heavy (non-hydrogen) atoms. The number of aromatic nitrogens is 1. The minimum Gasteiger partial charge on any atom is -0.490 e. The molecule has 0 unspecified atom stereocenters. The van der Waals surface area contributed by atoms with Gasteiger partial charge in [0.1, 0.15) is 0 Å². The largest absolute Gasteiger partial charge is 0.490 e. The van der Waals surface area contributed by atoms with Crippen LogP contribution in [0.4, 0.5) is 0 Å². The molecule has 2 aromatic rings. The molecule has 0 spiro atoms. The van der Waals surface area contributed by atoms with Crippen LogP contribution in [0.1, 0.15) is 40.2 Å². The van der Waals surface area contributed by atoms with Gasteiger partial charge in [-0.05, 0) is 52.3 Å². The molecule has 0 saturated carbocycles. The minimum atomic E-state index is -0.0507. The Hall–Kier alpha value is -2.03. The molecule has 1 heterocycles. The Kier molecular flexibility index (Phi) is 10.1. The summed E-state index contributed by atoms with van der Waals surface area (Å²) in [4.78, 5) is 9.00. The highest BCUT2D eigenvalue weighted by molar-refractivity contribution is 14.0. The van der Waals surface area contributed by atoms with Crippen molar-refractivity contribution in [3.05, 3.63) is 48.2 Å². The second kappa shape index (κ2) is 11.7. The van der Waals surface area contributed by atoms with Gasteiger partial charge in [0.15, 0.2) is 17.5 Å². The smallest absolute Gasteiger partial charge is 0.219 e. The molecule has 0 atom stereocenters. The molecule has 7 heteroatoms. The Morgan fingerprint density at radius 1 is 1.07 bits per heavy atom. The molecule has 1 aromatic heterocycles. The van der Waals surface area contributed by atoms with Crippen molar-refractivity contribution in [2.75, 3.05) is 13.2 Å². The van der Waals surface area contributed by atoms with Crippen LogP contribution < -0.4 is 20.1 Å². The van der Waals surface area contributed by atoms with E-state index in [1.54, 1.807) is 6.20 Å². The third kappa shape index (κ3) is 8.33. The van der Waals surface area contributed by atoms with E-state index in [1.807, 2.05) is 50.2 Å². The van der Waals surface area contributed by atoms with Crippen LogP contribution in [0.5, 0.6) is 17.4 Å². The van der Waals surface area contributed by atoms with Gasteiger partial charge in [-0.1, -0.05) is 18.2 Å². The van der Waals surface area contributed by atoms with Crippen LogP contribution in [-0.2, 0) is 6.54 Å². The molecule has 0 aliphatic heterocycles. The maximum Gasteiger partial charge on any atom is 0.219 e. The summed E-state index contributed by atoms with van der Waals surface area (Å²) in [7, 11) is 0. The molecule has 0 radical (unpaired) electrons. The Morgan fingerprint density at radius 3 is 2.36 bits per heavy atom. The first-order valence-electron chi connectivity index (χ1n) is 9.32. The number of hydrogen-bond donors (Lipinski definition) is 2. The van der Waals surface area contributed by atoms with Crippen LogP contribution in [0.25, 0.3) is 0 Å². The Morgan fingerprint density at radius 2 is 1.79 bits per heavy atom. The molecular formula is C21H31IN4O2. The molecule has 0 amide bonds. The van der Waals surface area contributed by atoms with Crippen LogP contribution >= 0.6 is 24.0 Å². The lowest BCUT2D eigenvalue weighted by Crippen LogP contribution is -2.47. The maximum atomic E-state index is 5.85. The Balaban J connectivity index is 0.00000392. The van der Waals surface area contributed by atoms with E-state index in [0.29, 0.717) is 30.5 Å². The van der Waals surface area contributed by atoms with Crippen LogP contribution in [-0.4, -0.2) is 29.6 Å². The van der Waals surface area contributed by atoms with Crippen molar-refractivity contribution in [2.45, 2.75) is 46.7 Å². The summed E-state index contributed by atoms with van der Waals surface area (Å²) < 4.78 is 11.4. The Bertz CT molecular complexity index is 743. The molecule has 0 fully saturated rings. The number of guanidine groups is 1. The first-order valence-corrected chi connectivity index (χ1v) is 9.32. The van der Waals surface area contributed by atoms with Gasteiger partial charge in [-0.3, -0.25) is 0 Å². The first kappa shape index (κ1) is 24.0. The fraction of sp³-hybridized carbons (Fsp3) is 0.429. The van der Waals surface area contributed by atoms with E-state index in [4.69, 9.17) is 9.47 Å². The van der Waals surface area contributed by atoms with E-state index in [2.05, 4.69) is 41.4 Å². The van der Waals surface area contributed by atoms with E-state index >= 15 is 0 Å². The van der Waals surface area contributed by atoms with Gasteiger partial charge in [0, 0.05) is 24.3 Å². The monoisotopic (exact) mass is 498 g/mol. The van der Waals surface area contributed by atoms with Gasteiger partial charge >= 0.3 is 0 Å². The van der Waals surface area contributed by atoms with E-state index in [0.717, 1.165) is 18.1 Å². The summed E-state index contributed by atoms with van der Waals surface area (Å²) in [6, 6.07) is 11.4. The predicted octanol–water partition coefficient (Wildman–Crippen LogP) is 4.74. The zero-order valence-electron chi connectivity index (χ0n) is 17.3. The van der Waals surface area contributed by atoms with Crippen molar-refractivity contribution in [3.63, 3.8) is 0 Å². The molecule has 0 saturated heterocycles. The molecule has 6 nitrogen and oxygen atoms in total. The SMILES string of the molecule is CCNC(=NCc1ccc(Oc2ccccc2OCC)nc1)NC(C)(C)C.I. The van der Waals surface area contributed by atoms with Gasteiger partial charge in [0.05, 0.1) is 13.2 Å². The van der Waals surface area contributed by atoms with Crippen molar-refractivity contribution in [1.82, 2.24) is 15.6 Å². The second-order valence-electron chi connectivity index (χ2n) is 7.06. The number of ether oxygens (including phenoxy) is 2. The summed E-state index contributed by atoms with van der Waals surface area (Å²) in [5, 5.41) is 6.62. The summed E-state index contributed by atoms with van der Waals surface area (Å²) in [6.45, 7) is 12.2. The normalized spacial score (nSPS) is 11.4. The molecule has 0 aliphatic carbocycles. The quantitative estimate of drug-likeness (QED) is 0.328. The fourth-order valence-electron chi connectivity index (χ4n) is 2.32. The van der Waals surface area contributed by atoms with Gasteiger partial charge < -0.3 is 20.1 Å². The highest BCUT2D eigenvalue weighted by atomic mass is 127. The van der Waals surface area contributed by atoms with Crippen LogP contribution in [0.15, 0.2) is 47.6 Å². The summed E-state index contributed by atoms with van der Waals surface area (Å²) in [5.41, 5.74) is 0.955. The number of benzene rings is 1. The Labute approximate surface area is 185 Å². The zero-order chi connectivity index (χ0) is 19.7. The number of para-hydroxylation sites is 2. The maximum absolute atomic E-state index is 5.85. The van der Waals surface area contributed by atoms with E-state index in [9.17, 15) is 0 Å². The summed E-state index contributed by atoms with van der Waals surface area (Å²) in [6.07, 6.45) is 1.78. The molecular weight excluding hydrogens is 467 g/mol. The van der Waals surface area contributed by atoms with E-state index in [1.165, 1.54) is 0 Å². The number of nitrogens with zero attached hydrogens (tertiary/aromatic N) is 2. The lowest BCUT2D eigenvalue weighted by molar-refractivity contribution is 0.319. The summed E-state index contributed by atoms with van der Waals surface area (Å²) >= 11 is 0. The van der Waals surface area contributed by atoms with Crippen molar-refractivity contribution in [3.8, 4) is 17.4 Å². The zero-order valence-corrected chi connectivity index (χ0v) is 19.6. The van der Waals surface area contributed by atoms with Crippen LogP contribution in [0.3, 0.4) is 0 Å². The number of aliphatic imine (C=N–C) groups is 1. The minimum absolute atomic E-state index is 0. The van der Waals surface area contributed by atoms with E-state index < -0.39 is 0 Å². The molecule has 0 bridgehead atoms. The van der Waals surface area contributed by atoms with E-state index in [-0.39, 0.29) is 29.5 Å². The van der Waals surface area contributed by atoms with Crippen molar-refractivity contribution in [1.29, 1.82) is 0 Å². The lowest BCUT2D eigenvalue weighted by Gasteiger charge is -2.23. The van der Waals surface area contributed by atoms with Gasteiger partial charge in [-0.15, -0.1) is 24.0 Å². The van der Waals surface area contributed by atoms with Gasteiger partial charge in [0.2, 0.25) is 5.88 Å². The standard InChI is InChI=1S/C21H30N4O2.HI/c1-6-22-20(25-21(3,4)5)24-15-16-12-13-19(23-14-16)27-18-11-9-8-10-17(18)26-7-2;/h8-14H,6-7,15H2,1-5H3,(H2,22,24,25);1H. The molecule has 154 valence electrons. The summed E-state index contributed by atoms with van der Waals surface area (Å²) in [5.74, 6) is 2.67. The second-order valence-corrected chi connectivity index (χ2v) is 7.06. The third-order valence-corrected chi connectivity index (χ3v) is 3.42. The van der Waals surface area contributed by atoms with Gasteiger partial charge in [-0.2, -0.15) is 0 Å². The number of hydrogen-bond acceptors (Lipinski definition) is 4. The highest BCUT2D eigenvalue weighted by Gasteiger charge is 2.11. The first-order chi connectivity index (χ1) is 12.9. The fourth-order valence-corrected chi connectivity index (χ4v) is 2.32. The van der Waals surface area contributed by atoms with Crippen molar-refractivity contribution < 1.29 is 9.47 Å². The predicted molar refractivity (Wildman–Crippen MR) is 125 cm³/mol. The number of nitrogens with one attached hydrogen (secondary N) is 2. The van der Waals surface area contributed by atoms with Crippen LogP contribution in [0, 0.1) is 0 Å². The van der Waals surface area contributed by atoms with Gasteiger partial charge in [0.25, 0.3) is 0 Å². The third-order valence-electron chi connectivity index (χ3n) is 3.42. The van der Waals surface area contributed by atoms with Crippen LogP contribution in [0.2, 0.25) is 0 Å². The molecule has 2 N–H and O–H groups in total. The van der Waals surface area contributed by atoms with Crippen molar-refractivity contribution >= 4 is 29.9 Å². The number of halogens is 1. The lowest BCUT2D eigenvalue weighted by atomic mass is 10.1. The topological polar surface area (TPSA) is 67.8 Å². The number of rotatable bonds is 7. The molecule has 2 rings (SSSR count). The van der Waals surface area contributed by atoms with Crippen molar-refractivity contribution in [2.24, 2.45) is 4.99 Å². The number of pyridine rings is 1. The average Bonchev–Trinajstić information content (AvgIpc) is 2.62.